The summed E-state index contributed by atoms with van der Waals surface area (Å²) in [6.45, 7) is 4.20. The molecule has 0 spiro atoms. The van der Waals surface area contributed by atoms with Crippen LogP contribution in [0.25, 0.3) is 17.0 Å². The van der Waals surface area contributed by atoms with Gasteiger partial charge in [0.05, 0.1) is 12.4 Å². The number of pyridine rings is 1. The quantitative estimate of drug-likeness (QED) is 0.554. The van der Waals surface area contributed by atoms with Gasteiger partial charge >= 0.3 is 0 Å². The van der Waals surface area contributed by atoms with Crippen LogP contribution in [0.2, 0.25) is 0 Å². The molecule has 0 aliphatic heterocycles. The van der Waals surface area contributed by atoms with Crippen molar-refractivity contribution in [1.82, 2.24) is 29.5 Å². The minimum atomic E-state index is -0.412. The Labute approximate surface area is 167 Å². The van der Waals surface area contributed by atoms with Gasteiger partial charge in [0.1, 0.15) is 5.82 Å². The van der Waals surface area contributed by atoms with Crippen molar-refractivity contribution in [3.63, 3.8) is 0 Å². The molecule has 0 radical (unpaired) electrons. The first-order chi connectivity index (χ1) is 14.1. The molecule has 0 aromatic carbocycles. The molecule has 0 bridgehead atoms. The SMILES string of the molecule is CC(C)c1cnn2c(NC3CCc4[nH]ccc4C3)nc(-c3cncc(F)c3)nc12. The molecule has 148 valence electrons. The molecule has 2 N–H and O–H groups in total. The van der Waals surface area contributed by atoms with E-state index in [-0.39, 0.29) is 12.0 Å². The molecule has 8 heteroatoms. The van der Waals surface area contributed by atoms with Gasteiger partial charge in [-0.1, -0.05) is 13.8 Å². The van der Waals surface area contributed by atoms with E-state index in [1.165, 1.54) is 23.5 Å². The monoisotopic (exact) mass is 391 g/mol. The van der Waals surface area contributed by atoms with Crippen molar-refractivity contribution in [2.45, 2.75) is 45.1 Å². The van der Waals surface area contributed by atoms with Crippen molar-refractivity contribution in [2.75, 3.05) is 5.32 Å². The average Bonchev–Trinajstić information content (AvgIpc) is 3.34. The Morgan fingerprint density at radius 1 is 1.24 bits per heavy atom. The summed E-state index contributed by atoms with van der Waals surface area (Å²) in [5.74, 6) is 0.897. The second-order valence-corrected chi connectivity index (χ2v) is 7.82. The maximum Gasteiger partial charge on any atom is 0.228 e. The fourth-order valence-corrected chi connectivity index (χ4v) is 3.91. The number of hydrogen-bond acceptors (Lipinski definition) is 5. The normalized spacial score (nSPS) is 16.3. The summed E-state index contributed by atoms with van der Waals surface area (Å²) in [4.78, 5) is 16.6. The second-order valence-electron chi connectivity index (χ2n) is 7.82. The number of aromatic amines is 1. The number of anilines is 1. The van der Waals surface area contributed by atoms with Gasteiger partial charge in [0.15, 0.2) is 11.5 Å². The van der Waals surface area contributed by atoms with E-state index in [2.05, 4.69) is 50.3 Å². The van der Waals surface area contributed by atoms with Crippen LogP contribution < -0.4 is 5.32 Å². The maximum absolute atomic E-state index is 13.7. The Morgan fingerprint density at radius 3 is 2.97 bits per heavy atom. The molecule has 7 nitrogen and oxygen atoms in total. The fourth-order valence-electron chi connectivity index (χ4n) is 3.91. The Balaban J connectivity index is 1.58. The van der Waals surface area contributed by atoms with Crippen LogP contribution in [0, 0.1) is 5.82 Å². The van der Waals surface area contributed by atoms with E-state index in [0.29, 0.717) is 17.3 Å². The van der Waals surface area contributed by atoms with Crippen LogP contribution in [0.3, 0.4) is 0 Å². The molecule has 0 fully saturated rings. The molecular formula is C21H22FN7. The molecule has 4 aromatic rings. The van der Waals surface area contributed by atoms with Gasteiger partial charge in [-0.3, -0.25) is 4.98 Å². The highest BCUT2D eigenvalue weighted by molar-refractivity contribution is 5.62. The molecule has 0 saturated carbocycles. The number of halogens is 1. The van der Waals surface area contributed by atoms with Gasteiger partial charge in [-0.2, -0.15) is 14.6 Å². The first kappa shape index (κ1) is 17.8. The number of aromatic nitrogens is 6. The lowest BCUT2D eigenvalue weighted by molar-refractivity contribution is 0.597. The Kier molecular flexibility index (Phi) is 4.26. The van der Waals surface area contributed by atoms with Gasteiger partial charge in [-0.15, -0.1) is 0 Å². The van der Waals surface area contributed by atoms with E-state index in [1.807, 2.05) is 12.4 Å². The van der Waals surface area contributed by atoms with Gasteiger partial charge in [-0.05, 0) is 42.9 Å². The van der Waals surface area contributed by atoms with Crippen molar-refractivity contribution in [3.8, 4) is 11.4 Å². The smallest absolute Gasteiger partial charge is 0.228 e. The van der Waals surface area contributed by atoms with Crippen molar-refractivity contribution in [3.05, 3.63) is 59.6 Å². The molecule has 4 heterocycles. The standard InChI is InChI=1S/C21H22FN7/c1-12(2)17-11-25-29-20(17)27-19(14-7-15(22)10-23-9-14)28-21(29)26-16-3-4-18-13(8-16)5-6-24-18/h5-7,9-12,16,24H,3-4,8H2,1-2H3,(H,26,27,28). The molecule has 5 rings (SSSR count). The van der Waals surface area contributed by atoms with E-state index in [0.717, 1.165) is 30.5 Å². The van der Waals surface area contributed by atoms with Gasteiger partial charge in [-0.25, -0.2) is 9.37 Å². The number of aryl methyl sites for hydroxylation is 1. The fraction of sp³-hybridized carbons (Fsp3) is 0.333. The number of nitrogens with one attached hydrogen (secondary N) is 2. The van der Waals surface area contributed by atoms with E-state index in [1.54, 1.807) is 10.7 Å². The van der Waals surface area contributed by atoms with Crippen LogP contribution in [0.5, 0.6) is 0 Å². The summed E-state index contributed by atoms with van der Waals surface area (Å²) in [6.07, 6.45) is 9.48. The average molecular weight is 391 g/mol. The van der Waals surface area contributed by atoms with Crippen LogP contribution in [0.1, 0.15) is 43.0 Å². The van der Waals surface area contributed by atoms with Gasteiger partial charge in [0.2, 0.25) is 5.95 Å². The van der Waals surface area contributed by atoms with Crippen LogP contribution in [-0.4, -0.2) is 35.6 Å². The highest BCUT2D eigenvalue weighted by Gasteiger charge is 2.22. The lowest BCUT2D eigenvalue weighted by Crippen LogP contribution is -2.28. The number of rotatable bonds is 4. The number of hydrogen-bond donors (Lipinski definition) is 2. The van der Waals surface area contributed by atoms with E-state index >= 15 is 0 Å². The highest BCUT2D eigenvalue weighted by Crippen LogP contribution is 2.27. The van der Waals surface area contributed by atoms with Crippen LogP contribution in [0.4, 0.5) is 10.3 Å². The predicted octanol–water partition coefficient (Wildman–Crippen LogP) is 3.75. The predicted molar refractivity (Wildman–Crippen MR) is 108 cm³/mol. The third-order valence-electron chi connectivity index (χ3n) is 5.45. The highest BCUT2D eigenvalue weighted by atomic mass is 19.1. The Morgan fingerprint density at radius 2 is 2.14 bits per heavy atom. The number of nitrogens with zero attached hydrogens (tertiary/aromatic N) is 5. The number of fused-ring (bicyclic) bond motifs is 2. The van der Waals surface area contributed by atoms with Crippen LogP contribution >= 0.6 is 0 Å². The van der Waals surface area contributed by atoms with E-state index < -0.39 is 5.82 Å². The third kappa shape index (κ3) is 3.24. The first-order valence-electron chi connectivity index (χ1n) is 9.86. The summed E-state index contributed by atoms with van der Waals surface area (Å²) in [5.41, 5.74) is 4.94. The van der Waals surface area contributed by atoms with Gasteiger partial charge in [0, 0.05) is 35.3 Å². The van der Waals surface area contributed by atoms with Gasteiger partial charge < -0.3 is 10.3 Å². The van der Waals surface area contributed by atoms with Crippen molar-refractivity contribution in [2.24, 2.45) is 0 Å². The zero-order valence-corrected chi connectivity index (χ0v) is 16.4. The second kappa shape index (κ2) is 6.95. The molecule has 1 atom stereocenters. The Bertz CT molecular complexity index is 1180. The zero-order chi connectivity index (χ0) is 20.0. The topological polar surface area (TPSA) is 83.8 Å². The van der Waals surface area contributed by atoms with Crippen LogP contribution in [0.15, 0.2) is 36.9 Å². The number of H-pyrrole nitrogens is 1. The van der Waals surface area contributed by atoms with Crippen molar-refractivity contribution >= 4 is 11.6 Å². The largest absolute Gasteiger partial charge is 0.365 e. The summed E-state index contributed by atoms with van der Waals surface area (Å²) in [7, 11) is 0. The molecule has 1 unspecified atom stereocenters. The molecule has 1 aliphatic rings. The summed E-state index contributed by atoms with van der Waals surface area (Å²) >= 11 is 0. The molecule has 29 heavy (non-hydrogen) atoms. The molecule has 4 aromatic heterocycles. The molecular weight excluding hydrogens is 369 g/mol. The van der Waals surface area contributed by atoms with Crippen molar-refractivity contribution in [1.29, 1.82) is 0 Å². The third-order valence-corrected chi connectivity index (χ3v) is 5.45. The Hall–Kier alpha value is -3.29. The van der Waals surface area contributed by atoms with Gasteiger partial charge in [0.25, 0.3) is 0 Å². The minimum absolute atomic E-state index is 0.238. The summed E-state index contributed by atoms with van der Waals surface area (Å²) in [6, 6.07) is 3.77. The van der Waals surface area contributed by atoms with Crippen LogP contribution in [-0.2, 0) is 12.8 Å². The molecule has 0 saturated heterocycles. The summed E-state index contributed by atoms with van der Waals surface area (Å²) in [5, 5.41) is 8.08. The lowest BCUT2D eigenvalue weighted by Gasteiger charge is -2.24. The van der Waals surface area contributed by atoms with E-state index in [4.69, 9.17) is 0 Å². The molecule has 0 amide bonds. The minimum Gasteiger partial charge on any atom is -0.365 e. The molecule has 1 aliphatic carbocycles. The zero-order valence-electron chi connectivity index (χ0n) is 16.4. The first-order valence-corrected chi connectivity index (χ1v) is 9.86. The maximum atomic E-state index is 13.7. The summed E-state index contributed by atoms with van der Waals surface area (Å²) < 4.78 is 15.5. The van der Waals surface area contributed by atoms with E-state index in [9.17, 15) is 4.39 Å². The lowest BCUT2D eigenvalue weighted by atomic mass is 9.93. The van der Waals surface area contributed by atoms with Crippen molar-refractivity contribution < 1.29 is 4.39 Å².